The molecule has 1 saturated heterocycles. The van der Waals surface area contributed by atoms with Gasteiger partial charge in [-0.05, 0) is 43.0 Å². The van der Waals surface area contributed by atoms with Gasteiger partial charge in [0.25, 0.3) is 5.91 Å². The Hall–Kier alpha value is -3.10. The highest BCUT2D eigenvalue weighted by atomic mass is 32.2. The van der Waals surface area contributed by atoms with Crippen molar-refractivity contribution in [1.82, 2.24) is 4.90 Å². The minimum Gasteiger partial charge on any atom is -0.481 e. The van der Waals surface area contributed by atoms with Crippen molar-refractivity contribution < 1.29 is 23.8 Å². The van der Waals surface area contributed by atoms with Crippen LogP contribution in [0.3, 0.4) is 0 Å². The number of methoxy groups -OCH3 is 1. The standard InChI is InChI=1S/C23H24N2O5S/c1-3-29-21(26)16-30-19-12-8-7-9-17(19)15-20-22(27)25(13-14-28-2)23(31-20)24-18-10-5-4-6-11-18/h4-12,15H,3,13-14,16H2,1-2H3/b20-15-,24-23?. The molecule has 3 rings (SSSR count). The van der Waals surface area contributed by atoms with Crippen molar-refractivity contribution in [3.63, 3.8) is 0 Å². The first-order valence-corrected chi connectivity index (χ1v) is 10.7. The van der Waals surface area contributed by atoms with E-state index in [2.05, 4.69) is 4.99 Å². The number of carbonyl (C=O) groups is 2. The molecule has 7 nitrogen and oxygen atoms in total. The van der Waals surface area contributed by atoms with E-state index in [4.69, 9.17) is 14.2 Å². The lowest BCUT2D eigenvalue weighted by Crippen LogP contribution is -2.32. The van der Waals surface area contributed by atoms with Crippen molar-refractivity contribution in [3.05, 3.63) is 65.1 Å². The molecule has 0 aliphatic carbocycles. The van der Waals surface area contributed by atoms with Crippen molar-refractivity contribution in [2.24, 2.45) is 4.99 Å². The molecule has 0 N–H and O–H groups in total. The van der Waals surface area contributed by atoms with E-state index in [0.717, 1.165) is 5.69 Å². The highest BCUT2D eigenvalue weighted by molar-refractivity contribution is 8.18. The molecule has 162 valence electrons. The van der Waals surface area contributed by atoms with E-state index in [1.807, 2.05) is 42.5 Å². The normalized spacial score (nSPS) is 16.2. The monoisotopic (exact) mass is 440 g/mol. The molecule has 0 radical (unpaired) electrons. The number of hydrogen-bond acceptors (Lipinski definition) is 7. The molecule has 1 amide bonds. The molecule has 31 heavy (non-hydrogen) atoms. The maximum atomic E-state index is 13.1. The number of esters is 1. The van der Waals surface area contributed by atoms with Crippen molar-refractivity contribution in [1.29, 1.82) is 0 Å². The lowest BCUT2D eigenvalue weighted by molar-refractivity contribution is -0.145. The topological polar surface area (TPSA) is 77.4 Å². The quantitative estimate of drug-likeness (QED) is 0.435. The second-order valence-electron chi connectivity index (χ2n) is 6.42. The molecular weight excluding hydrogens is 416 g/mol. The molecule has 1 heterocycles. The highest BCUT2D eigenvalue weighted by Gasteiger charge is 2.33. The van der Waals surface area contributed by atoms with Crippen molar-refractivity contribution in [2.75, 3.05) is 33.5 Å². The van der Waals surface area contributed by atoms with Crippen LogP contribution < -0.4 is 4.74 Å². The largest absolute Gasteiger partial charge is 0.481 e. The summed E-state index contributed by atoms with van der Waals surface area (Å²) in [5.41, 5.74) is 1.45. The zero-order valence-corrected chi connectivity index (χ0v) is 18.3. The number of para-hydroxylation sites is 2. The number of rotatable bonds is 9. The van der Waals surface area contributed by atoms with Gasteiger partial charge in [-0.1, -0.05) is 36.4 Å². The van der Waals surface area contributed by atoms with E-state index in [1.54, 1.807) is 37.1 Å². The van der Waals surface area contributed by atoms with Crippen LogP contribution in [0.15, 0.2) is 64.5 Å². The van der Waals surface area contributed by atoms with Crippen LogP contribution in [0.5, 0.6) is 5.75 Å². The minimum atomic E-state index is -0.445. The molecule has 0 bridgehead atoms. The first-order chi connectivity index (χ1) is 15.1. The number of hydrogen-bond donors (Lipinski definition) is 0. The van der Waals surface area contributed by atoms with E-state index in [9.17, 15) is 9.59 Å². The summed E-state index contributed by atoms with van der Waals surface area (Å²) in [6.07, 6.45) is 1.75. The van der Waals surface area contributed by atoms with Crippen LogP contribution in [0.25, 0.3) is 6.08 Å². The van der Waals surface area contributed by atoms with Gasteiger partial charge in [-0.2, -0.15) is 0 Å². The number of amidine groups is 1. The summed E-state index contributed by atoms with van der Waals surface area (Å²) in [6.45, 7) is 2.62. The Balaban J connectivity index is 1.86. The van der Waals surface area contributed by atoms with Gasteiger partial charge in [0.05, 0.1) is 30.4 Å². The Morgan fingerprint density at radius 3 is 2.61 bits per heavy atom. The molecule has 2 aromatic carbocycles. The molecule has 8 heteroatoms. The Morgan fingerprint density at radius 2 is 1.87 bits per heavy atom. The van der Waals surface area contributed by atoms with Gasteiger partial charge in [0, 0.05) is 12.7 Å². The van der Waals surface area contributed by atoms with Crippen LogP contribution in [-0.4, -0.2) is 55.4 Å². The Kier molecular flexibility index (Phi) is 8.26. The number of aliphatic imine (C=N–C) groups is 1. The summed E-state index contributed by atoms with van der Waals surface area (Å²) >= 11 is 1.29. The Bertz CT molecular complexity index is 975. The van der Waals surface area contributed by atoms with Gasteiger partial charge < -0.3 is 14.2 Å². The van der Waals surface area contributed by atoms with Crippen LogP contribution >= 0.6 is 11.8 Å². The molecule has 1 fully saturated rings. The molecule has 0 saturated carbocycles. The summed E-state index contributed by atoms with van der Waals surface area (Å²) in [5.74, 6) is -0.107. The molecular formula is C23H24N2O5S. The molecule has 1 aliphatic heterocycles. The third-order valence-corrected chi connectivity index (χ3v) is 5.25. The van der Waals surface area contributed by atoms with Crippen LogP contribution in [-0.2, 0) is 19.1 Å². The fraction of sp³-hybridized carbons (Fsp3) is 0.261. The van der Waals surface area contributed by atoms with E-state index >= 15 is 0 Å². The highest BCUT2D eigenvalue weighted by Crippen LogP contribution is 2.35. The lowest BCUT2D eigenvalue weighted by Gasteiger charge is -2.14. The fourth-order valence-corrected chi connectivity index (χ4v) is 3.81. The van der Waals surface area contributed by atoms with E-state index < -0.39 is 5.97 Å². The lowest BCUT2D eigenvalue weighted by atomic mass is 10.2. The zero-order chi connectivity index (χ0) is 22.1. The first-order valence-electron chi connectivity index (χ1n) is 9.84. The zero-order valence-electron chi connectivity index (χ0n) is 17.4. The average Bonchev–Trinajstić information content (AvgIpc) is 3.06. The number of amides is 1. The maximum absolute atomic E-state index is 13.1. The molecule has 0 aromatic heterocycles. The SMILES string of the molecule is CCOC(=O)COc1ccccc1/C=C1\SC(=Nc2ccccc2)N(CCOC)C1=O. The summed E-state index contributed by atoms with van der Waals surface area (Å²) in [4.78, 5) is 31.4. The van der Waals surface area contributed by atoms with Crippen LogP contribution in [0.2, 0.25) is 0 Å². The van der Waals surface area contributed by atoms with Gasteiger partial charge in [0.1, 0.15) is 5.75 Å². The van der Waals surface area contributed by atoms with E-state index in [-0.39, 0.29) is 12.5 Å². The van der Waals surface area contributed by atoms with Crippen molar-refractivity contribution in [2.45, 2.75) is 6.92 Å². The molecule has 1 aliphatic rings. The van der Waals surface area contributed by atoms with Gasteiger partial charge in [-0.15, -0.1) is 0 Å². The molecule has 0 spiro atoms. The summed E-state index contributed by atoms with van der Waals surface area (Å²) in [6, 6.07) is 16.7. The fourth-order valence-electron chi connectivity index (χ4n) is 2.80. The predicted molar refractivity (Wildman–Crippen MR) is 121 cm³/mol. The smallest absolute Gasteiger partial charge is 0.344 e. The average molecular weight is 441 g/mol. The number of benzene rings is 2. The summed E-state index contributed by atoms with van der Waals surface area (Å²) in [7, 11) is 1.59. The van der Waals surface area contributed by atoms with E-state index in [1.165, 1.54) is 11.8 Å². The van der Waals surface area contributed by atoms with Gasteiger partial charge in [0.15, 0.2) is 11.8 Å². The second kappa shape index (κ2) is 11.3. The van der Waals surface area contributed by atoms with E-state index in [0.29, 0.717) is 41.1 Å². The first kappa shape index (κ1) is 22.6. The van der Waals surface area contributed by atoms with Gasteiger partial charge >= 0.3 is 5.97 Å². The van der Waals surface area contributed by atoms with Crippen LogP contribution in [0.1, 0.15) is 12.5 Å². The Labute approximate surface area is 185 Å². The molecule has 0 atom stereocenters. The second-order valence-corrected chi connectivity index (χ2v) is 7.43. The molecule has 2 aromatic rings. The third kappa shape index (κ3) is 6.19. The Morgan fingerprint density at radius 1 is 1.13 bits per heavy atom. The summed E-state index contributed by atoms with van der Waals surface area (Å²) in [5, 5.41) is 0.587. The number of nitrogens with zero attached hydrogens (tertiary/aromatic N) is 2. The van der Waals surface area contributed by atoms with Crippen LogP contribution in [0.4, 0.5) is 5.69 Å². The minimum absolute atomic E-state index is 0.156. The number of carbonyl (C=O) groups excluding carboxylic acids is 2. The van der Waals surface area contributed by atoms with Gasteiger partial charge in [-0.25, -0.2) is 9.79 Å². The number of thioether (sulfide) groups is 1. The van der Waals surface area contributed by atoms with Gasteiger partial charge in [0.2, 0.25) is 0 Å². The maximum Gasteiger partial charge on any atom is 0.344 e. The summed E-state index contributed by atoms with van der Waals surface area (Å²) < 4.78 is 15.7. The third-order valence-electron chi connectivity index (χ3n) is 4.24. The molecule has 0 unspecified atom stereocenters. The van der Waals surface area contributed by atoms with Crippen molar-refractivity contribution in [3.8, 4) is 5.75 Å². The van der Waals surface area contributed by atoms with Crippen molar-refractivity contribution >= 4 is 40.6 Å². The predicted octanol–water partition coefficient (Wildman–Crippen LogP) is 3.88. The van der Waals surface area contributed by atoms with Crippen LogP contribution in [0, 0.1) is 0 Å². The van der Waals surface area contributed by atoms with Gasteiger partial charge in [-0.3, -0.25) is 9.69 Å². The number of ether oxygens (including phenoxy) is 3.